The number of fused-ring (bicyclic) bond motifs is 1. The molecule has 0 aliphatic rings. The molecule has 0 aliphatic heterocycles. The second-order valence-electron chi connectivity index (χ2n) is 4.25. The molecule has 0 fully saturated rings. The average molecular weight is 260 g/mol. The molecule has 0 saturated heterocycles. The summed E-state index contributed by atoms with van der Waals surface area (Å²) in [6.45, 7) is 1.57. The predicted molar refractivity (Wildman–Crippen MR) is 68.4 cm³/mol. The van der Waals surface area contributed by atoms with Gasteiger partial charge in [-0.3, -0.25) is 0 Å². The minimum Gasteiger partial charge on any atom is -0.384 e. The molecule has 4 nitrogen and oxygen atoms in total. The predicted octanol–water partition coefficient (Wildman–Crippen LogP) is 2.79. The van der Waals surface area contributed by atoms with Crippen molar-refractivity contribution in [3.05, 3.63) is 41.5 Å². The Bertz CT molecular complexity index is 780. The van der Waals surface area contributed by atoms with Gasteiger partial charge in [0.05, 0.1) is 11.1 Å². The van der Waals surface area contributed by atoms with E-state index in [9.17, 15) is 8.78 Å². The van der Waals surface area contributed by atoms with E-state index in [1.165, 1.54) is 12.1 Å². The Morgan fingerprint density at radius 1 is 1.11 bits per heavy atom. The fraction of sp³-hybridized carbons (Fsp3) is 0.0769. The summed E-state index contributed by atoms with van der Waals surface area (Å²) in [7, 11) is 0. The summed E-state index contributed by atoms with van der Waals surface area (Å²) in [5, 5.41) is 0. The lowest BCUT2D eigenvalue weighted by atomic mass is 10.1. The standard InChI is InChI=1S/C13H10F2N4/c1-6-2-3-7(14)10(11(6)15)13-17-8-4-5-9(16)18-12(8)19-13/h2-5H,1H3,(H3,16,17,18,19). The van der Waals surface area contributed by atoms with E-state index in [1.54, 1.807) is 19.1 Å². The first-order valence-corrected chi connectivity index (χ1v) is 5.63. The Hall–Kier alpha value is -2.50. The maximum Gasteiger partial charge on any atom is 0.180 e. The number of nitrogens with two attached hydrogens (primary N) is 1. The molecule has 3 aromatic rings. The zero-order chi connectivity index (χ0) is 13.6. The van der Waals surface area contributed by atoms with Crippen LogP contribution in [0.1, 0.15) is 5.56 Å². The number of nitrogens with zero attached hydrogens (tertiary/aromatic N) is 2. The number of rotatable bonds is 1. The quantitative estimate of drug-likeness (QED) is 0.707. The van der Waals surface area contributed by atoms with E-state index in [-0.39, 0.29) is 11.4 Å². The molecule has 2 heterocycles. The van der Waals surface area contributed by atoms with Gasteiger partial charge in [-0.05, 0) is 30.7 Å². The normalized spacial score (nSPS) is 11.1. The van der Waals surface area contributed by atoms with Crippen LogP contribution in [0.2, 0.25) is 0 Å². The number of H-pyrrole nitrogens is 1. The molecule has 0 aliphatic carbocycles. The number of nitrogens with one attached hydrogen (secondary N) is 1. The molecule has 2 aromatic heterocycles. The molecule has 0 atom stereocenters. The number of halogens is 2. The Kier molecular flexibility index (Phi) is 2.45. The van der Waals surface area contributed by atoms with Gasteiger partial charge >= 0.3 is 0 Å². The molecule has 0 amide bonds. The molecule has 0 radical (unpaired) electrons. The van der Waals surface area contributed by atoms with Crippen LogP contribution in [0.15, 0.2) is 24.3 Å². The van der Waals surface area contributed by atoms with Crippen LogP contribution in [0.3, 0.4) is 0 Å². The maximum atomic E-state index is 14.0. The number of aromatic nitrogens is 3. The molecular formula is C13H10F2N4. The zero-order valence-corrected chi connectivity index (χ0v) is 10.0. The Morgan fingerprint density at radius 3 is 2.68 bits per heavy atom. The van der Waals surface area contributed by atoms with Crippen molar-refractivity contribution in [2.45, 2.75) is 6.92 Å². The summed E-state index contributed by atoms with van der Waals surface area (Å²) in [6, 6.07) is 5.85. The van der Waals surface area contributed by atoms with Crippen LogP contribution in [0.4, 0.5) is 14.6 Å². The first-order valence-electron chi connectivity index (χ1n) is 5.63. The summed E-state index contributed by atoms with van der Waals surface area (Å²) in [5.74, 6) is -0.898. The summed E-state index contributed by atoms with van der Waals surface area (Å²) in [4.78, 5) is 10.9. The van der Waals surface area contributed by atoms with Gasteiger partial charge in [-0.2, -0.15) is 0 Å². The van der Waals surface area contributed by atoms with Crippen LogP contribution in [0.5, 0.6) is 0 Å². The van der Waals surface area contributed by atoms with Gasteiger partial charge in [-0.15, -0.1) is 0 Å². The highest BCUT2D eigenvalue weighted by Gasteiger charge is 2.17. The topological polar surface area (TPSA) is 67.6 Å². The average Bonchev–Trinajstić information content (AvgIpc) is 2.77. The van der Waals surface area contributed by atoms with Crippen molar-refractivity contribution in [2.75, 3.05) is 5.73 Å². The van der Waals surface area contributed by atoms with Crippen LogP contribution in [-0.2, 0) is 0 Å². The molecule has 0 unspecified atom stereocenters. The zero-order valence-electron chi connectivity index (χ0n) is 10.0. The van der Waals surface area contributed by atoms with Crippen molar-refractivity contribution in [2.24, 2.45) is 0 Å². The lowest BCUT2D eigenvalue weighted by molar-refractivity contribution is 0.582. The number of anilines is 1. The van der Waals surface area contributed by atoms with Crippen molar-refractivity contribution < 1.29 is 8.78 Å². The minimum atomic E-state index is -0.671. The number of benzene rings is 1. The van der Waals surface area contributed by atoms with Crippen molar-refractivity contribution in [1.82, 2.24) is 15.0 Å². The van der Waals surface area contributed by atoms with E-state index < -0.39 is 11.6 Å². The monoisotopic (exact) mass is 260 g/mol. The third kappa shape index (κ3) is 1.81. The highest BCUT2D eigenvalue weighted by atomic mass is 19.1. The maximum absolute atomic E-state index is 14.0. The largest absolute Gasteiger partial charge is 0.384 e. The third-order valence-corrected chi connectivity index (χ3v) is 2.89. The van der Waals surface area contributed by atoms with Gasteiger partial charge in [-0.1, -0.05) is 6.07 Å². The van der Waals surface area contributed by atoms with Gasteiger partial charge in [0.1, 0.15) is 23.3 Å². The number of imidazole rings is 1. The van der Waals surface area contributed by atoms with E-state index >= 15 is 0 Å². The fourth-order valence-electron chi connectivity index (χ4n) is 1.90. The number of hydrogen-bond donors (Lipinski definition) is 2. The van der Waals surface area contributed by atoms with E-state index in [4.69, 9.17) is 5.73 Å². The molecule has 19 heavy (non-hydrogen) atoms. The van der Waals surface area contributed by atoms with Crippen molar-refractivity contribution >= 4 is 17.0 Å². The lowest BCUT2D eigenvalue weighted by Crippen LogP contribution is -1.94. The summed E-state index contributed by atoms with van der Waals surface area (Å²) < 4.78 is 27.8. The van der Waals surface area contributed by atoms with Gasteiger partial charge in [0, 0.05) is 0 Å². The van der Waals surface area contributed by atoms with Crippen LogP contribution in [-0.4, -0.2) is 15.0 Å². The molecular weight excluding hydrogens is 250 g/mol. The summed E-state index contributed by atoms with van der Waals surface area (Å²) >= 11 is 0. The van der Waals surface area contributed by atoms with Gasteiger partial charge in [0.2, 0.25) is 0 Å². The van der Waals surface area contributed by atoms with Gasteiger partial charge in [-0.25, -0.2) is 18.7 Å². The highest BCUT2D eigenvalue weighted by Crippen LogP contribution is 2.27. The number of hydrogen-bond acceptors (Lipinski definition) is 3. The van der Waals surface area contributed by atoms with Crippen molar-refractivity contribution in [3.63, 3.8) is 0 Å². The van der Waals surface area contributed by atoms with E-state index in [1.807, 2.05) is 0 Å². The SMILES string of the molecule is Cc1ccc(F)c(-c2nc3nc(N)ccc3[nH]2)c1F. The van der Waals surface area contributed by atoms with Crippen LogP contribution in [0.25, 0.3) is 22.6 Å². The molecule has 96 valence electrons. The van der Waals surface area contributed by atoms with Crippen LogP contribution >= 0.6 is 0 Å². The first-order chi connectivity index (χ1) is 9.06. The molecule has 3 rings (SSSR count). The van der Waals surface area contributed by atoms with Crippen LogP contribution < -0.4 is 5.73 Å². The second-order valence-corrected chi connectivity index (χ2v) is 4.25. The van der Waals surface area contributed by atoms with E-state index in [0.717, 1.165) is 0 Å². The molecule has 0 saturated carbocycles. The molecule has 0 bridgehead atoms. The van der Waals surface area contributed by atoms with Gasteiger partial charge in [0.25, 0.3) is 0 Å². The summed E-state index contributed by atoms with van der Waals surface area (Å²) in [6.07, 6.45) is 0. The molecule has 6 heteroatoms. The Labute approximate surface area is 107 Å². The Morgan fingerprint density at radius 2 is 1.89 bits per heavy atom. The third-order valence-electron chi connectivity index (χ3n) is 2.89. The van der Waals surface area contributed by atoms with Crippen molar-refractivity contribution in [1.29, 1.82) is 0 Å². The molecule has 0 spiro atoms. The van der Waals surface area contributed by atoms with E-state index in [0.29, 0.717) is 22.5 Å². The van der Waals surface area contributed by atoms with Crippen LogP contribution in [0, 0.1) is 18.6 Å². The van der Waals surface area contributed by atoms with Gasteiger partial charge in [0.15, 0.2) is 5.65 Å². The Balaban J connectivity index is 2.27. The smallest absolute Gasteiger partial charge is 0.180 e. The second kappa shape index (κ2) is 4.01. The minimum absolute atomic E-state index is 0.104. The number of aromatic amines is 1. The molecule has 1 aromatic carbocycles. The molecule has 3 N–H and O–H groups in total. The fourth-order valence-corrected chi connectivity index (χ4v) is 1.90. The number of pyridine rings is 1. The van der Waals surface area contributed by atoms with Gasteiger partial charge < -0.3 is 10.7 Å². The number of aryl methyl sites for hydroxylation is 1. The van der Waals surface area contributed by atoms with Crippen molar-refractivity contribution in [3.8, 4) is 11.4 Å². The summed E-state index contributed by atoms with van der Waals surface area (Å²) in [5.41, 5.74) is 6.61. The number of nitrogen functional groups attached to an aromatic ring is 1. The lowest BCUT2D eigenvalue weighted by Gasteiger charge is -2.03. The highest BCUT2D eigenvalue weighted by molar-refractivity contribution is 5.77. The van der Waals surface area contributed by atoms with E-state index in [2.05, 4.69) is 15.0 Å². The first kappa shape index (κ1) is 11.6.